The third-order valence-electron chi connectivity index (χ3n) is 3.74. The van der Waals surface area contributed by atoms with Gasteiger partial charge in [0, 0.05) is 37.0 Å². The van der Waals surface area contributed by atoms with Crippen molar-refractivity contribution in [2.75, 3.05) is 25.1 Å². The van der Waals surface area contributed by atoms with Gasteiger partial charge in [0.15, 0.2) is 17.3 Å². The van der Waals surface area contributed by atoms with Gasteiger partial charge in [-0.15, -0.1) is 0 Å². The largest absolute Gasteiger partial charge is 0.433 e. The molecular formula is C16H17F3N4O2. The zero-order valence-electron chi connectivity index (χ0n) is 13.5. The third kappa shape index (κ3) is 4.43. The monoisotopic (exact) mass is 354 g/mol. The van der Waals surface area contributed by atoms with Crippen molar-refractivity contribution >= 4 is 5.82 Å². The van der Waals surface area contributed by atoms with E-state index in [9.17, 15) is 13.2 Å². The average molecular weight is 354 g/mol. The minimum absolute atomic E-state index is 0.0145. The third-order valence-corrected chi connectivity index (χ3v) is 3.74. The molecule has 134 valence electrons. The Morgan fingerprint density at radius 2 is 1.84 bits per heavy atom. The van der Waals surface area contributed by atoms with Crippen molar-refractivity contribution in [3.8, 4) is 11.4 Å². The van der Waals surface area contributed by atoms with E-state index in [1.54, 1.807) is 19.1 Å². The molecule has 25 heavy (non-hydrogen) atoms. The maximum Gasteiger partial charge on any atom is 0.433 e. The van der Waals surface area contributed by atoms with Crippen molar-refractivity contribution in [1.29, 1.82) is 0 Å². The molecular weight excluding hydrogens is 337 g/mol. The summed E-state index contributed by atoms with van der Waals surface area (Å²) >= 11 is 0. The fourth-order valence-corrected chi connectivity index (χ4v) is 2.43. The van der Waals surface area contributed by atoms with Gasteiger partial charge >= 0.3 is 6.18 Å². The Balaban J connectivity index is 1.80. The Kier molecular flexibility index (Phi) is 4.87. The molecule has 2 aromatic rings. The maximum atomic E-state index is 13.1. The molecule has 0 aliphatic carbocycles. The van der Waals surface area contributed by atoms with Crippen molar-refractivity contribution in [3.63, 3.8) is 0 Å². The molecule has 0 spiro atoms. The van der Waals surface area contributed by atoms with Crippen LogP contribution in [0.15, 0.2) is 30.6 Å². The first-order valence-electron chi connectivity index (χ1n) is 7.74. The van der Waals surface area contributed by atoms with E-state index in [-0.39, 0.29) is 11.6 Å². The van der Waals surface area contributed by atoms with Gasteiger partial charge in [0.2, 0.25) is 0 Å². The summed E-state index contributed by atoms with van der Waals surface area (Å²) in [5, 5.41) is 2.89. The first-order valence-corrected chi connectivity index (χ1v) is 7.74. The van der Waals surface area contributed by atoms with E-state index in [0.717, 1.165) is 6.07 Å². The summed E-state index contributed by atoms with van der Waals surface area (Å²) in [6.45, 7) is 3.16. The van der Waals surface area contributed by atoms with Crippen molar-refractivity contribution in [1.82, 2.24) is 15.0 Å². The number of nitrogens with zero attached hydrogens (tertiary/aromatic N) is 3. The molecule has 1 fully saturated rings. The SMILES string of the molecule is CC1(CCNc2cc(C(F)(F)F)nc(-c3ccncc3)n2)OCCO1. The molecule has 0 saturated carbocycles. The summed E-state index contributed by atoms with van der Waals surface area (Å²) < 4.78 is 50.3. The Bertz CT molecular complexity index is 719. The van der Waals surface area contributed by atoms with Gasteiger partial charge in [-0.2, -0.15) is 13.2 Å². The number of hydrogen-bond acceptors (Lipinski definition) is 6. The van der Waals surface area contributed by atoms with Crippen LogP contribution in [0.4, 0.5) is 19.0 Å². The summed E-state index contributed by atoms with van der Waals surface area (Å²) in [5.74, 6) is -0.643. The molecule has 3 rings (SSSR count). The van der Waals surface area contributed by atoms with Gasteiger partial charge in [-0.3, -0.25) is 4.98 Å². The number of pyridine rings is 1. The number of aromatic nitrogens is 3. The van der Waals surface area contributed by atoms with Crippen LogP contribution in [-0.4, -0.2) is 40.5 Å². The minimum Gasteiger partial charge on any atom is -0.370 e. The van der Waals surface area contributed by atoms with Gasteiger partial charge in [0.05, 0.1) is 13.2 Å². The molecule has 0 atom stereocenters. The number of rotatable bonds is 5. The van der Waals surface area contributed by atoms with E-state index in [2.05, 4.69) is 20.3 Å². The Labute approximate surface area is 142 Å². The smallest absolute Gasteiger partial charge is 0.370 e. The van der Waals surface area contributed by atoms with Gasteiger partial charge < -0.3 is 14.8 Å². The lowest BCUT2D eigenvalue weighted by Gasteiger charge is -2.22. The summed E-state index contributed by atoms with van der Waals surface area (Å²) in [6.07, 6.45) is -1.14. The van der Waals surface area contributed by atoms with Crippen LogP contribution in [0.3, 0.4) is 0 Å². The highest BCUT2D eigenvalue weighted by Crippen LogP contribution is 2.31. The molecule has 0 unspecified atom stereocenters. The predicted octanol–water partition coefficient (Wildman–Crippen LogP) is 3.12. The molecule has 0 aromatic carbocycles. The van der Waals surface area contributed by atoms with Crippen LogP contribution in [0.25, 0.3) is 11.4 Å². The zero-order chi connectivity index (χ0) is 17.9. The average Bonchev–Trinajstić information content (AvgIpc) is 3.01. The number of hydrogen-bond donors (Lipinski definition) is 1. The first kappa shape index (κ1) is 17.6. The highest BCUT2D eigenvalue weighted by Gasteiger charge is 2.34. The highest BCUT2D eigenvalue weighted by atomic mass is 19.4. The minimum atomic E-state index is -4.56. The van der Waals surface area contributed by atoms with Crippen LogP contribution in [0.2, 0.25) is 0 Å². The molecule has 6 nitrogen and oxygen atoms in total. The molecule has 1 saturated heterocycles. The van der Waals surface area contributed by atoms with Gasteiger partial charge in [-0.05, 0) is 19.1 Å². The van der Waals surface area contributed by atoms with E-state index in [1.165, 1.54) is 12.4 Å². The fraction of sp³-hybridized carbons (Fsp3) is 0.438. The number of nitrogens with one attached hydrogen (secondary N) is 1. The summed E-state index contributed by atoms with van der Waals surface area (Å²) in [4.78, 5) is 11.6. The molecule has 2 aromatic heterocycles. The normalized spacial score (nSPS) is 16.8. The Morgan fingerprint density at radius 3 is 2.48 bits per heavy atom. The van der Waals surface area contributed by atoms with E-state index >= 15 is 0 Å². The second-order valence-corrected chi connectivity index (χ2v) is 5.70. The number of anilines is 1. The van der Waals surface area contributed by atoms with Gasteiger partial charge in [0.1, 0.15) is 5.82 Å². The van der Waals surface area contributed by atoms with Crippen LogP contribution >= 0.6 is 0 Å². The van der Waals surface area contributed by atoms with Crippen molar-refractivity contribution in [2.24, 2.45) is 0 Å². The van der Waals surface area contributed by atoms with E-state index in [1.807, 2.05) is 0 Å². The first-order chi connectivity index (χ1) is 11.9. The summed E-state index contributed by atoms with van der Waals surface area (Å²) in [6, 6.07) is 4.00. The van der Waals surface area contributed by atoms with Gasteiger partial charge in [-0.1, -0.05) is 0 Å². The van der Waals surface area contributed by atoms with Crippen LogP contribution in [-0.2, 0) is 15.7 Å². The molecule has 1 aliphatic rings. The number of ether oxygens (including phenoxy) is 2. The zero-order valence-corrected chi connectivity index (χ0v) is 13.5. The van der Waals surface area contributed by atoms with Crippen LogP contribution in [0.1, 0.15) is 19.0 Å². The molecule has 1 aliphatic heterocycles. The van der Waals surface area contributed by atoms with Gasteiger partial charge in [0.25, 0.3) is 0 Å². The molecule has 9 heteroatoms. The predicted molar refractivity (Wildman–Crippen MR) is 83.7 cm³/mol. The van der Waals surface area contributed by atoms with Crippen molar-refractivity contribution < 1.29 is 22.6 Å². The van der Waals surface area contributed by atoms with Crippen molar-refractivity contribution in [3.05, 3.63) is 36.3 Å². The van der Waals surface area contributed by atoms with E-state index in [0.29, 0.717) is 31.7 Å². The lowest BCUT2D eigenvalue weighted by Crippen LogP contribution is -2.28. The standard InChI is InChI=1S/C16H17F3N4O2/c1-15(24-8-9-25-15)4-7-21-13-10-12(16(17,18)19)22-14(23-13)11-2-5-20-6-3-11/h2-3,5-6,10H,4,7-9H2,1H3,(H,21,22,23). The maximum absolute atomic E-state index is 13.1. The second-order valence-electron chi connectivity index (χ2n) is 5.70. The summed E-state index contributed by atoms with van der Waals surface area (Å²) in [7, 11) is 0. The molecule has 0 amide bonds. The van der Waals surface area contributed by atoms with Crippen molar-refractivity contribution in [2.45, 2.75) is 25.3 Å². The number of alkyl halides is 3. The Hall–Kier alpha value is -2.26. The lowest BCUT2D eigenvalue weighted by atomic mass is 10.2. The van der Waals surface area contributed by atoms with E-state index < -0.39 is 17.7 Å². The number of halogens is 3. The van der Waals surface area contributed by atoms with Gasteiger partial charge in [-0.25, -0.2) is 9.97 Å². The van der Waals surface area contributed by atoms with Crippen LogP contribution < -0.4 is 5.32 Å². The highest BCUT2D eigenvalue weighted by molar-refractivity contribution is 5.57. The Morgan fingerprint density at radius 1 is 1.16 bits per heavy atom. The quantitative estimate of drug-likeness (QED) is 0.890. The molecule has 0 radical (unpaired) electrons. The fourth-order valence-electron chi connectivity index (χ4n) is 2.43. The molecule has 0 bridgehead atoms. The summed E-state index contributed by atoms with van der Waals surface area (Å²) in [5.41, 5.74) is -0.546. The lowest BCUT2D eigenvalue weighted by molar-refractivity contribution is -0.144. The second kappa shape index (κ2) is 6.93. The van der Waals surface area contributed by atoms with Crippen LogP contribution in [0.5, 0.6) is 0 Å². The topological polar surface area (TPSA) is 69.2 Å². The van der Waals surface area contributed by atoms with E-state index in [4.69, 9.17) is 9.47 Å². The van der Waals surface area contributed by atoms with Crippen LogP contribution in [0, 0.1) is 0 Å². The molecule has 1 N–H and O–H groups in total. The molecule has 3 heterocycles.